The van der Waals surface area contributed by atoms with Crippen LogP contribution in [0.3, 0.4) is 0 Å². The van der Waals surface area contributed by atoms with E-state index in [0.717, 1.165) is 6.42 Å². The molecule has 60 valence electrons. The van der Waals surface area contributed by atoms with Gasteiger partial charge in [-0.05, 0) is 12.3 Å². The molecule has 0 aromatic rings. The summed E-state index contributed by atoms with van der Waals surface area (Å²) < 4.78 is 0. The van der Waals surface area contributed by atoms with Crippen LogP contribution in [0.4, 0.5) is 0 Å². The molecule has 1 aliphatic rings. The Bertz CT molecular complexity index is 87.3. The molecule has 2 heteroatoms. The molecule has 10 heavy (non-hydrogen) atoms. The van der Waals surface area contributed by atoms with Crippen molar-refractivity contribution in [2.24, 2.45) is 5.92 Å². The minimum absolute atomic E-state index is 0.0729. The van der Waals surface area contributed by atoms with Gasteiger partial charge in [0, 0.05) is 0 Å². The first-order valence-electron chi connectivity index (χ1n) is 4.12. The monoisotopic (exact) mass is 144 g/mol. The molecule has 0 amide bonds. The van der Waals surface area contributed by atoms with Crippen LogP contribution < -0.4 is 0 Å². The van der Waals surface area contributed by atoms with Crippen molar-refractivity contribution < 1.29 is 10.2 Å². The van der Waals surface area contributed by atoms with Gasteiger partial charge in [0.05, 0.1) is 12.7 Å². The zero-order valence-electron chi connectivity index (χ0n) is 6.29. The highest BCUT2D eigenvalue weighted by Gasteiger charge is 2.17. The summed E-state index contributed by atoms with van der Waals surface area (Å²) in [6.45, 7) is -0.0729. The molecule has 1 saturated carbocycles. The van der Waals surface area contributed by atoms with E-state index >= 15 is 0 Å². The third-order valence-electron chi connectivity index (χ3n) is 2.29. The predicted molar refractivity (Wildman–Crippen MR) is 39.7 cm³/mol. The molecule has 2 N–H and O–H groups in total. The third-order valence-corrected chi connectivity index (χ3v) is 2.29. The normalized spacial score (nSPS) is 23.4. The van der Waals surface area contributed by atoms with Crippen LogP contribution in [-0.2, 0) is 0 Å². The van der Waals surface area contributed by atoms with Crippen LogP contribution in [-0.4, -0.2) is 22.9 Å². The van der Waals surface area contributed by atoms with Crippen molar-refractivity contribution in [2.75, 3.05) is 6.61 Å². The summed E-state index contributed by atoms with van der Waals surface area (Å²) in [7, 11) is 0. The molecule has 0 aromatic heterocycles. The summed E-state index contributed by atoms with van der Waals surface area (Å²) in [6, 6.07) is 0. The van der Waals surface area contributed by atoms with Gasteiger partial charge >= 0.3 is 0 Å². The fourth-order valence-electron chi connectivity index (χ4n) is 1.71. The highest BCUT2D eigenvalue weighted by Crippen LogP contribution is 2.28. The molecule has 1 atom stereocenters. The topological polar surface area (TPSA) is 40.5 Å². The van der Waals surface area contributed by atoms with Gasteiger partial charge in [0.15, 0.2) is 0 Å². The van der Waals surface area contributed by atoms with E-state index in [0.29, 0.717) is 5.92 Å². The molecular weight excluding hydrogens is 128 g/mol. The first-order valence-corrected chi connectivity index (χ1v) is 4.12. The van der Waals surface area contributed by atoms with Crippen molar-refractivity contribution in [2.45, 2.75) is 38.2 Å². The van der Waals surface area contributed by atoms with Crippen molar-refractivity contribution in [3.05, 3.63) is 0 Å². The predicted octanol–water partition coefficient (Wildman–Crippen LogP) is 0.920. The Labute approximate surface area is 61.9 Å². The van der Waals surface area contributed by atoms with Crippen molar-refractivity contribution in [1.29, 1.82) is 0 Å². The van der Waals surface area contributed by atoms with Gasteiger partial charge in [0.2, 0.25) is 0 Å². The molecule has 0 unspecified atom stereocenters. The number of rotatable bonds is 3. The Morgan fingerprint density at radius 1 is 1.30 bits per heavy atom. The summed E-state index contributed by atoms with van der Waals surface area (Å²) in [5, 5.41) is 17.6. The van der Waals surface area contributed by atoms with Crippen LogP contribution in [0.1, 0.15) is 32.1 Å². The quantitative estimate of drug-likeness (QED) is 0.618. The minimum atomic E-state index is -0.469. The van der Waals surface area contributed by atoms with Crippen molar-refractivity contribution >= 4 is 0 Å². The van der Waals surface area contributed by atoms with Crippen LogP contribution in [0.2, 0.25) is 0 Å². The van der Waals surface area contributed by atoms with Crippen molar-refractivity contribution in [3.63, 3.8) is 0 Å². The standard InChI is InChI=1S/C8H16O2/c9-6-8(10)5-7-3-1-2-4-7/h7-10H,1-6H2/t8-/m1/s1. The smallest absolute Gasteiger partial charge is 0.0773 e. The number of hydrogen-bond donors (Lipinski definition) is 2. The summed E-state index contributed by atoms with van der Waals surface area (Å²) >= 11 is 0. The van der Waals surface area contributed by atoms with Gasteiger partial charge < -0.3 is 10.2 Å². The van der Waals surface area contributed by atoms with E-state index in [4.69, 9.17) is 10.2 Å². The van der Waals surface area contributed by atoms with Gasteiger partial charge in [-0.3, -0.25) is 0 Å². The molecule has 0 aromatic carbocycles. The number of aliphatic hydroxyl groups is 2. The maximum Gasteiger partial charge on any atom is 0.0773 e. The van der Waals surface area contributed by atoms with Crippen LogP contribution in [0, 0.1) is 5.92 Å². The lowest BCUT2D eigenvalue weighted by Gasteiger charge is -2.11. The Kier molecular flexibility index (Phi) is 3.16. The van der Waals surface area contributed by atoms with E-state index < -0.39 is 6.10 Å². The summed E-state index contributed by atoms with van der Waals surface area (Å²) in [6.07, 6.45) is 5.44. The van der Waals surface area contributed by atoms with Crippen molar-refractivity contribution in [3.8, 4) is 0 Å². The summed E-state index contributed by atoms with van der Waals surface area (Å²) in [5.41, 5.74) is 0. The van der Waals surface area contributed by atoms with E-state index in [1.807, 2.05) is 0 Å². The lowest BCUT2D eigenvalue weighted by molar-refractivity contribution is 0.0748. The average Bonchev–Trinajstić information content (AvgIpc) is 2.40. The van der Waals surface area contributed by atoms with Crippen molar-refractivity contribution in [1.82, 2.24) is 0 Å². The lowest BCUT2D eigenvalue weighted by Crippen LogP contribution is -2.15. The van der Waals surface area contributed by atoms with Crippen LogP contribution >= 0.6 is 0 Å². The Morgan fingerprint density at radius 2 is 1.90 bits per heavy atom. The molecule has 0 radical (unpaired) electrons. The summed E-state index contributed by atoms with van der Waals surface area (Å²) in [5.74, 6) is 0.683. The zero-order valence-corrected chi connectivity index (χ0v) is 6.29. The van der Waals surface area contributed by atoms with Gasteiger partial charge in [0.1, 0.15) is 0 Å². The Hall–Kier alpha value is -0.0800. The highest BCUT2D eigenvalue weighted by atomic mass is 16.3. The maximum atomic E-state index is 9.07. The molecule has 0 heterocycles. The first-order chi connectivity index (χ1) is 4.83. The van der Waals surface area contributed by atoms with Gasteiger partial charge in [-0.15, -0.1) is 0 Å². The van der Waals surface area contributed by atoms with Gasteiger partial charge in [-0.25, -0.2) is 0 Å². The second-order valence-electron chi connectivity index (χ2n) is 3.22. The fourth-order valence-corrected chi connectivity index (χ4v) is 1.71. The SMILES string of the molecule is OC[C@H](O)CC1CCCC1. The molecule has 2 nitrogen and oxygen atoms in total. The van der Waals surface area contributed by atoms with Crippen LogP contribution in [0.25, 0.3) is 0 Å². The fraction of sp³-hybridized carbons (Fsp3) is 1.00. The number of aliphatic hydroxyl groups excluding tert-OH is 2. The van der Waals surface area contributed by atoms with E-state index in [1.54, 1.807) is 0 Å². The van der Waals surface area contributed by atoms with E-state index in [-0.39, 0.29) is 6.61 Å². The van der Waals surface area contributed by atoms with E-state index in [2.05, 4.69) is 0 Å². The Balaban J connectivity index is 2.11. The largest absolute Gasteiger partial charge is 0.394 e. The van der Waals surface area contributed by atoms with Crippen LogP contribution in [0.15, 0.2) is 0 Å². The maximum absolute atomic E-state index is 9.07. The highest BCUT2D eigenvalue weighted by molar-refractivity contribution is 4.70. The Morgan fingerprint density at radius 3 is 2.40 bits per heavy atom. The lowest BCUT2D eigenvalue weighted by atomic mass is 10.0. The second kappa shape index (κ2) is 3.94. The first kappa shape index (κ1) is 8.02. The molecule has 0 saturated heterocycles. The van der Waals surface area contributed by atoms with Gasteiger partial charge in [0.25, 0.3) is 0 Å². The van der Waals surface area contributed by atoms with Gasteiger partial charge in [-0.1, -0.05) is 25.7 Å². The molecule has 0 spiro atoms. The molecule has 0 bridgehead atoms. The van der Waals surface area contributed by atoms with Gasteiger partial charge in [-0.2, -0.15) is 0 Å². The zero-order chi connectivity index (χ0) is 7.40. The van der Waals surface area contributed by atoms with E-state index in [1.165, 1.54) is 25.7 Å². The minimum Gasteiger partial charge on any atom is -0.394 e. The third kappa shape index (κ3) is 2.27. The molecule has 0 aliphatic heterocycles. The molecular formula is C8H16O2. The molecule has 1 fully saturated rings. The van der Waals surface area contributed by atoms with Crippen LogP contribution in [0.5, 0.6) is 0 Å². The molecule has 1 aliphatic carbocycles. The second-order valence-corrected chi connectivity index (χ2v) is 3.22. The average molecular weight is 144 g/mol. The molecule has 1 rings (SSSR count). The number of hydrogen-bond acceptors (Lipinski definition) is 2. The van der Waals surface area contributed by atoms with E-state index in [9.17, 15) is 0 Å². The summed E-state index contributed by atoms with van der Waals surface area (Å²) in [4.78, 5) is 0.